The van der Waals surface area contributed by atoms with Crippen LogP contribution in [0, 0.1) is 0 Å². The first-order chi connectivity index (χ1) is 6.20. The molecule has 0 aliphatic heterocycles. The highest BCUT2D eigenvalue weighted by Gasteiger charge is 2.15. The predicted molar refractivity (Wildman–Crippen MR) is 45.7 cm³/mol. The van der Waals surface area contributed by atoms with E-state index in [1.807, 2.05) is 0 Å². The van der Waals surface area contributed by atoms with E-state index >= 15 is 0 Å². The van der Waals surface area contributed by atoms with Gasteiger partial charge in [0, 0.05) is 13.1 Å². The minimum Gasteiger partial charge on any atom is -0.504 e. The van der Waals surface area contributed by atoms with Crippen LogP contribution in [0.15, 0.2) is 22.9 Å². The molecule has 0 unspecified atom stereocenters. The van der Waals surface area contributed by atoms with Crippen LogP contribution in [0.5, 0.6) is 5.75 Å². The summed E-state index contributed by atoms with van der Waals surface area (Å²) in [4.78, 5) is 14.8. The number of hydrogen-bond donors (Lipinski definition) is 1. The van der Waals surface area contributed by atoms with E-state index in [0.29, 0.717) is 11.0 Å². The number of rotatable bonds is 1. The number of carbonyl (C=O) groups excluding carboxylic acids is 1. The van der Waals surface area contributed by atoms with Crippen molar-refractivity contribution in [2.75, 3.05) is 0 Å². The fourth-order valence-corrected chi connectivity index (χ4v) is 1.18. The Labute approximate surface area is 73.8 Å². The molecule has 0 aliphatic rings. The van der Waals surface area contributed by atoms with Crippen molar-refractivity contribution in [2.24, 2.45) is 0 Å². The van der Waals surface area contributed by atoms with Gasteiger partial charge in [0.15, 0.2) is 17.1 Å². The first-order valence-corrected chi connectivity index (χ1v) is 3.76. The SMILES string of the molecule is CC(=O)c1oc2cnccc2c1O. The van der Waals surface area contributed by atoms with Crippen LogP contribution in [0.25, 0.3) is 11.0 Å². The van der Waals surface area contributed by atoms with Crippen LogP contribution < -0.4 is 0 Å². The van der Waals surface area contributed by atoms with Crippen molar-refractivity contribution in [3.05, 3.63) is 24.2 Å². The van der Waals surface area contributed by atoms with Crippen LogP contribution in [-0.4, -0.2) is 15.9 Å². The molecule has 4 nitrogen and oxygen atoms in total. The zero-order valence-corrected chi connectivity index (χ0v) is 6.94. The van der Waals surface area contributed by atoms with Crippen molar-refractivity contribution >= 4 is 16.8 Å². The Morgan fingerprint density at radius 1 is 1.62 bits per heavy atom. The maximum Gasteiger partial charge on any atom is 0.212 e. The average molecular weight is 177 g/mol. The maximum atomic E-state index is 11.0. The van der Waals surface area contributed by atoms with E-state index in [4.69, 9.17) is 4.42 Å². The fraction of sp³-hybridized carbons (Fsp3) is 0.111. The van der Waals surface area contributed by atoms with Gasteiger partial charge in [0.1, 0.15) is 0 Å². The summed E-state index contributed by atoms with van der Waals surface area (Å²) in [6.07, 6.45) is 2.99. The summed E-state index contributed by atoms with van der Waals surface area (Å²) in [5.74, 6) is -0.415. The molecule has 0 amide bonds. The first-order valence-electron chi connectivity index (χ1n) is 3.76. The van der Waals surface area contributed by atoms with Crippen LogP contribution in [0.1, 0.15) is 17.5 Å². The molecule has 2 aromatic rings. The lowest BCUT2D eigenvalue weighted by molar-refractivity contribution is 0.0985. The number of ketones is 1. The molecule has 0 aromatic carbocycles. The highest BCUT2D eigenvalue weighted by Crippen LogP contribution is 2.31. The van der Waals surface area contributed by atoms with Crippen LogP contribution >= 0.6 is 0 Å². The van der Waals surface area contributed by atoms with Gasteiger partial charge in [0.05, 0.1) is 11.6 Å². The van der Waals surface area contributed by atoms with Crippen LogP contribution in [0.2, 0.25) is 0 Å². The molecular formula is C9H7NO3. The topological polar surface area (TPSA) is 63.3 Å². The van der Waals surface area contributed by atoms with Crippen molar-refractivity contribution < 1.29 is 14.3 Å². The van der Waals surface area contributed by atoms with Crippen LogP contribution in [-0.2, 0) is 0 Å². The molecule has 4 heteroatoms. The van der Waals surface area contributed by atoms with Gasteiger partial charge in [-0.25, -0.2) is 0 Å². The molecule has 0 aliphatic carbocycles. The Hall–Kier alpha value is -1.84. The molecule has 0 fully saturated rings. The summed E-state index contributed by atoms with van der Waals surface area (Å²) in [5.41, 5.74) is 0.421. The third kappa shape index (κ3) is 1.07. The zero-order chi connectivity index (χ0) is 9.42. The second-order valence-electron chi connectivity index (χ2n) is 2.71. The molecule has 2 heterocycles. The Balaban J connectivity index is 2.81. The van der Waals surface area contributed by atoms with E-state index in [-0.39, 0.29) is 17.3 Å². The van der Waals surface area contributed by atoms with E-state index in [1.165, 1.54) is 19.3 Å². The lowest BCUT2D eigenvalue weighted by atomic mass is 10.2. The van der Waals surface area contributed by atoms with E-state index in [2.05, 4.69) is 4.98 Å². The molecule has 2 rings (SSSR count). The number of Topliss-reactive ketones (excluding diaryl/α,β-unsaturated/α-hetero) is 1. The lowest BCUT2D eigenvalue weighted by Crippen LogP contribution is -1.87. The molecule has 1 N–H and O–H groups in total. The molecule has 0 radical (unpaired) electrons. The summed E-state index contributed by atoms with van der Waals surface area (Å²) in [6.45, 7) is 1.34. The number of nitrogens with zero attached hydrogens (tertiary/aromatic N) is 1. The number of carbonyl (C=O) groups is 1. The number of aromatic nitrogens is 1. The van der Waals surface area contributed by atoms with Gasteiger partial charge in [-0.15, -0.1) is 0 Å². The number of hydrogen-bond acceptors (Lipinski definition) is 4. The predicted octanol–water partition coefficient (Wildman–Crippen LogP) is 1.74. The summed E-state index contributed by atoms with van der Waals surface area (Å²) >= 11 is 0. The Morgan fingerprint density at radius 2 is 2.38 bits per heavy atom. The molecule has 0 bridgehead atoms. The monoisotopic (exact) mass is 177 g/mol. The molecule has 66 valence electrons. The van der Waals surface area contributed by atoms with E-state index in [0.717, 1.165) is 0 Å². The Morgan fingerprint density at radius 3 is 3.00 bits per heavy atom. The van der Waals surface area contributed by atoms with Gasteiger partial charge in [-0.1, -0.05) is 0 Å². The highest BCUT2D eigenvalue weighted by atomic mass is 16.4. The zero-order valence-electron chi connectivity index (χ0n) is 6.94. The Bertz CT molecular complexity index is 473. The van der Waals surface area contributed by atoms with Gasteiger partial charge in [-0.3, -0.25) is 9.78 Å². The summed E-state index contributed by atoms with van der Waals surface area (Å²) in [5, 5.41) is 10.0. The van der Waals surface area contributed by atoms with Crippen LogP contribution in [0.4, 0.5) is 0 Å². The van der Waals surface area contributed by atoms with Gasteiger partial charge in [0.2, 0.25) is 5.76 Å². The van der Waals surface area contributed by atoms with Crippen LogP contribution in [0.3, 0.4) is 0 Å². The molecule has 0 spiro atoms. The largest absolute Gasteiger partial charge is 0.504 e. The van der Waals surface area contributed by atoms with Crippen molar-refractivity contribution in [3.8, 4) is 5.75 Å². The van der Waals surface area contributed by atoms with E-state index in [9.17, 15) is 9.90 Å². The molecule has 0 atom stereocenters. The van der Waals surface area contributed by atoms with Gasteiger partial charge in [0.25, 0.3) is 0 Å². The van der Waals surface area contributed by atoms with Crippen molar-refractivity contribution in [1.29, 1.82) is 0 Å². The van der Waals surface area contributed by atoms with Gasteiger partial charge in [-0.05, 0) is 6.07 Å². The van der Waals surface area contributed by atoms with Gasteiger partial charge >= 0.3 is 0 Å². The third-order valence-corrected chi connectivity index (χ3v) is 1.79. The van der Waals surface area contributed by atoms with E-state index in [1.54, 1.807) is 6.07 Å². The smallest absolute Gasteiger partial charge is 0.212 e. The second-order valence-corrected chi connectivity index (χ2v) is 2.71. The Kier molecular flexibility index (Phi) is 1.55. The summed E-state index contributed by atoms with van der Waals surface area (Å²) in [6, 6.07) is 1.60. The maximum absolute atomic E-state index is 11.0. The van der Waals surface area contributed by atoms with Gasteiger partial charge in [-0.2, -0.15) is 0 Å². The summed E-state index contributed by atoms with van der Waals surface area (Å²) < 4.78 is 5.10. The third-order valence-electron chi connectivity index (χ3n) is 1.79. The quantitative estimate of drug-likeness (QED) is 0.674. The van der Waals surface area contributed by atoms with Crippen molar-refractivity contribution in [3.63, 3.8) is 0 Å². The van der Waals surface area contributed by atoms with Crippen molar-refractivity contribution in [1.82, 2.24) is 4.98 Å². The number of pyridine rings is 1. The minimum atomic E-state index is -0.297. The standard InChI is InChI=1S/C9H7NO3/c1-5(11)9-8(12)6-2-3-10-4-7(6)13-9/h2-4,12H,1H3. The lowest BCUT2D eigenvalue weighted by Gasteiger charge is -1.87. The first kappa shape index (κ1) is 7.79. The highest BCUT2D eigenvalue weighted by molar-refractivity contribution is 6.00. The van der Waals surface area contributed by atoms with Crippen molar-refractivity contribution in [2.45, 2.75) is 6.92 Å². The molecule has 0 saturated carbocycles. The number of fused-ring (bicyclic) bond motifs is 1. The molecule has 13 heavy (non-hydrogen) atoms. The number of furan rings is 1. The fourth-order valence-electron chi connectivity index (χ4n) is 1.18. The molecule has 2 aromatic heterocycles. The van der Waals surface area contributed by atoms with E-state index < -0.39 is 0 Å². The average Bonchev–Trinajstić information content (AvgIpc) is 2.45. The minimum absolute atomic E-state index is 0.0111. The van der Waals surface area contributed by atoms with Gasteiger partial charge < -0.3 is 9.52 Å². The second kappa shape index (κ2) is 2.58. The summed E-state index contributed by atoms with van der Waals surface area (Å²) in [7, 11) is 0. The normalized spacial score (nSPS) is 10.5. The molecule has 0 saturated heterocycles. The molecular weight excluding hydrogens is 170 g/mol. The number of aromatic hydroxyl groups is 1.